The SMILES string of the molecule is CNC(=O)c1ccc(-c2ccc(OC(C)C)c(C(=O)NC3(CO)CCc4[nH]c5ccc(F)cc5c4C3)c2)cc1Cl. The number of hydrogen-bond acceptors (Lipinski definition) is 4. The summed E-state index contributed by atoms with van der Waals surface area (Å²) in [6.07, 6.45) is 1.28. The number of ether oxygens (including phenoxy) is 1. The normalized spacial score (nSPS) is 16.6. The molecule has 1 aromatic heterocycles. The lowest BCUT2D eigenvalue weighted by molar-refractivity contribution is 0.0802. The standard InChI is InChI=1S/C31H31ClFN3O4/c1-17(2)40-28-9-5-18(19-4-7-21(25(32)13-19)29(38)34-3)12-23(28)30(39)36-31(16-37)11-10-27-24(15-31)22-14-20(33)6-8-26(22)35-27/h4-9,12-14,17,35,37H,10-11,15-16H2,1-3H3,(H,34,38)(H,36,39). The first-order chi connectivity index (χ1) is 19.1. The average molecular weight is 564 g/mol. The van der Waals surface area contributed by atoms with Crippen LogP contribution in [-0.4, -0.2) is 47.2 Å². The highest BCUT2D eigenvalue weighted by Gasteiger charge is 2.38. The molecule has 0 radical (unpaired) electrons. The van der Waals surface area contributed by atoms with Crippen molar-refractivity contribution in [1.82, 2.24) is 15.6 Å². The van der Waals surface area contributed by atoms with Gasteiger partial charge in [-0.15, -0.1) is 0 Å². The minimum atomic E-state index is -0.935. The van der Waals surface area contributed by atoms with Crippen LogP contribution < -0.4 is 15.4 Å². The molecule has 1 aliphatic carbocycles. The van der Waals surface area contributed by atoms with Crippen LogP contribution in [0.4, 0.5) is 4.39 Å². The minimum absolute atomic E-state index is 0.177. The molecule has 2 amide bonds. The Balaban J connectivity index is 1.49. The fourth-order valence-corrected chi connectivity index (χ4v) is 5.59. The van der Waals surface area contributed by atoms with Gasteiger partial charge >= 0.3 is 0 Å². The Morgan fingerprint density at radius 3 is 2.52 bits per heavy atom. The summed E-state index contributed by atoms with van der Waals surface area (Å²) in [5, 5.41) is 17.2. The van der Waals surface area contributed by atoms with E-state index < -0.39 is 11.4 Å². The largest absolute Gasteiger partial charge is 0.490 e. The molecule has 5 rings (SSSR count). The van der Waals surface area contributed by atoms with Gasteiger partial charge in [-0.2, -0.15) is 0 Å². The molecule has 0 saturated carbocycles. The molecule has 0 fully saturated rings. The summed E-state index contributed by atoms with van der Waals surface area (Å²) in [5.74, 6) is -0.619. The Hall–Kier alpha value is -3.88. The first kappa shape index (κ1) is 27.7. The number of aromatic amines is 1. The second kappa shape index (κ2) is 10.9. The van der Waals surface area contributed by atoms with Gasteiger partial charge in [0.25, 0.3) is 11.8 Å². The van der Waals surface area contributed by atoms with Crippen molar-refractivity contribution in [2.75, 3.05) is 13.7 Å². The van der Waals surface area contributed by atoms with Gasteiger partial charge < -0.3 is 25.5 Å². The molecule has 0 saturated heterocycles. The van der Waals surface area contributed by atoms with E-state index in [1.54, 1.807) is 36.4 Å². The number of H-pyrrole nitrogens is 1. The monoisotopic (exact) mass is 563 g/mol. The molecule has 1 atom stereocenters. The van der Waals surface area contributed by atoms with E-state index in [1.807, 2.05) is 19.9 Å². The number of nitrogens with one attached hydrogen (secondary N) is 3. The Morgan fingerprint density at radius 2 is 1.82 bits per heavy atom. The first-order valence-electron chi connectivity index (χ1n) is 13.2. The van der Waals surface area contributed by atoms with Gasteiger partial charge in [-0.05, 0) is 85.8 Å². The molecule has 0 aliphatic heterocycles. The van der Waals surface area contributed by atoms with Gasteiger partial charge in [-0.3, -0.25) is 9.59 Å². The summed E-state index contributed by atoms with van der Waals surface area (Å²) < 4.78 is 20.0. The lowest BCUT2D eigenvalue weighted by Gasteiger charge is -2.37. The fraction of sp³-hybridized carbons (Fsp3) is 0.290. The highest BCUT2D eigenvalue weighted by atomic mass is 35.5. The zero-order valence-corrected chi connectivity index (χ0v) is 23.3. The van der Waals surface area contributed by atoms with Crippen molar-refractivity contribution in [1.29, 1.82) is 0 Å². The summed E-state index contributed by atoms with van der Waals surface area (Å²) in [6, 6.07) is 15.0. The molecule has 1 aliphatic rings. The van der Waals surface area contributed by atoms with Crippen LogP contribution in [0, 0.1) is 5.82 Å². The Morgan fingerprint density at radius 1 is 1.07 bits per heavy atom. The highest BCUT2D eigenvalue weighted by molar-refractivity contribution is 6.34. The zero-order chi connectivity index (χ0) is 28.6. The van der Waals surface area contributed by atoms with Crippen LogP contribution in [0.5, 0.6) is 5.75 Å². The lowest BCUT2D eigenvalue weighted by atomic mass is 9.80. The van der Waals surface area contributed by atoms with Crippen molar-refractivity contribution in [3.63, 3.8) is 0 Å². The van der Waals surface area contributed by atoms with Crippen molar-refractivity contribution in [3.8, 4) is 16.9 Å². The van der Waals surface area contributed by atoms with Gasteiger partial charge in [-0.1, -0.05) is 23.7 Å². The zero-order valence-electron chi connectivity index (χ0n) is 22.5. The van der Waals surface area contributed by atoms with Crippen LogP contribution in [0.25, 0.3) is 22.0 Å². The number of aromatic nitrogens is 1. The molecule has 0 bridgehead atoms. The molecule has 1 unspecified atom stereocenters. The third kappa shape index (κ3) is 5.29. The number of aliphatic hydroxyl groups excluding tert-OH is 1. The van der Waals surface area contributed by atoms with Crippen LogP contribution >= 0.6 is 11.6 Å². The summed E-state index contributed by atoms with van der Waals surface area (Å²) in [6.45, 7) is 3.47. The number of carbonyl (C=O) groups is 2. The van der Waals surface area contributed by atoms with Crippen LogP contribution in [0.1, 0.15) is 52.2 Å². The Labute approximate surface area is 236 Å². The average Bonchev–Trinajstić information content (AvgIpc) is 3.29. The van der Waals surface area contributed by atoms with Crippen molar-refractivity contribution in [3.05, 3.63) is 87.8 Å². The molecule has 3 aromatic carbocycles. The molecule has 4 N–H and O–H groups in total. The van der Waals surface area contributed by atoms with Crippen LogP contribution in [0.3, 0.4) is 0 Å². The van der Waals surface area contributed by atoms with Gasteiger partial charge in [0.1, 0.15) is 11.6 Å². The maximum Gasteiger partial charge on any atom is 0.255 e. The highest BCUT2D eigenvalue weighted by Crippen LogP contribution is 2.36. The van der Waals surface area contributed by atoms with Crippen LogP contribution in [-0.2, 0) is 12.8 Å². The maximum absolute atomic E-state index is 14.0. The van der Waals surface area contributed by atoms with Crippen molar-refractivity contribution in [2.24, 2.45) is 0 Å². The quantitative estimate of drug-likeness (QED) is 0.241. The number of carbonyl (C=O) groups excluding carboxylic acids is 2. The van der Waals surface area contributed by atoms with Crippen molar-refractivity contribution in [2.45, 2.75) is 44.8 Å². The third-order valence-electron chi connectivity index (χ3n) is 7.37. The van der Waals surface area contributed by atoms with Gasteiger partial charge in [0.2, 0.25) is 0 Å². The number of halogens is 2. The summed E-state index contributed by atoms with van der Waals surface area (Å²) >= 11 is 6.39. The van der Waals surface area contributed by atoms with E-state index in [4.69, 9.17) is 16.3 Å². The number of amides is 2. The van der Waals surface area contributed by atoms with Crippen LogP contribution in [0.2, 0.25) is 5.02 Å². The molecular formula is C31H31ClFN3O4. The third-order valence-corrected chi connectivity index (χ3v) is 7.68. The molecule has 208 valence electrons. The van der Waals surface area contributed by atoms with Gasteiger partial charge in [-0.25, -0.2) is 4.39 Å². The van der Waals surface area contributed by atoms with E-state index >= 15 is 0 Å². The summed E-state index contributed by atoms with van der Waals surface area (Å²) in [7, 11) is 1.54. The second-order valence-electron chi connectivity index (χ2n) is 10.5. The lowest BCUT2D eigenvalue weighted by Crippen LogP contribution is -2.54. The van der Waals surface area contributed by atoms with E-state index in [1.165, 1.54) is 19.2 Å². The number of hydrogen-bond donors (Lipinski definition) is 4. The maximum atomic E-state index is 14.0. The molecule has 9 heteroatoms. The number of fused-ring (bicyclic) bond motifs is 3. The molecule has 7 nitrogen and oxygen atoms in total. The molecule has 4 aromatic rings. The van der Waals surface area contributed by atoms with E-state index in [9.17, 15) is 19.1 Å². The Kier molecular flexibility index (Phi) is 7.57. The summed E-state index contributed by atoms with van der Waals surface area (Å²) in [4.78, 5) is 29.2. The molecule has 0 spiro atoms. The van der Waals surface area contributed by atoms with Gasteiger partial charge in [0.15, 0.2) is 0 Å². The predicted molar refractivity (Wildman–Crippen MR) is 154 cm³/mol. The molecule has 1 heterocycles. The van der Waals surface area contributed by atoms with E-state index in [-0.39, 0.29) is 29.5 Å². The van der Waals surface area contributed by atoms with E-state index in [0.717, 1.165) is 27.7 Å². The molecular weight excluding hydrogens is 533 g/mol. The number of rotatable bonds is 7. The van der Waals surface area contributed by atoms with Crippen molar-refractivity contribution < 1.29 is 23.8 Å². The van der Waals surface area contributed by atoms with E-state index in [2.05, 4.69) is 15.6 Å². The number of benzene rings is 3. The number of aryl methyl sites for hydroxylation is 1. The van der Waals surface area contributed by atoms with Gasteiger partial charge in [0.05, 0.1) is 34.4 Å². The topological polar surface area (TPSA) is 103 Å². The summed E-state index contributed by atoms with van der Waals surface area (Å²) in [5.41, 5.74) is 3.87. The second-order valence-corrected chi connectivity index (χ2v) is 10.9. The van der Waals surface area contributed by atoms with Gasteiger partial charge in [0, 0.05) is 30.1 Å². The molecule has 40 heavy (non-hydrogen) atoms. The first-order valence-corrected chi connectivity index (χ1v) is 13.6. The minimum Gasteiger partial charge on any atom is -0.490 e. The Bertz CT molecular complexity index is 1620. The van der Waals surface area contributed by atoms with Crippen molar-refractivity contribution >= 4 is 34.3 Å². The number of aliphatic hydroxyl groups is 1. The fourth-order valence-electron chi connectivity index (χ4n) is 5.33. The van der Waals surface area contributed by atoms with E-state index in [0.29, 0.717) is 41.7 Å². The van der Waals surface area contributed by atoms with Crippen LogP contribution in [0.15, 0.2) is 54.6 Å². The predicted octanol–water partition coefficient (Wildman–Crippen LogP) is 5.42. The smallest absolute Gasteiger partial charge is 0.255 e.